The topological polar surface area (TPSA) is 92.0 Å². The molecule has 0 unspecified atom stereocenters. The zero-order valence-electron chi connectivity index (χ0n) is 20.3. The van der Waals surface area contributed by atoms with Crippen molar-refractivity contribution in [1.29, 1.82) is 0 Å². The van der Waals surface area contributed by atoms with Crippen LogP contribution in [-0.4, -0.2) is 55.2 Å². The molecule has 3 aromatic rings. The van der Waals surface area contributed by atoms with Gasteiger partial charge in [0, 0.05) is 53.6 Å². The van der Waals surface area contributed by atoms with Gasteiger partial charge < -0.3 is 15.3 Å². The molecule has 0 spiro atoms. The molecule has 1 aliphatic carbocycles. The average molecular weight is 445 g/mol. The fourth-order valence-corrected chi connectivity index (χ4v) is 4.34. The molecule has 1 aliphatic heterocycles. The molecule has 0 radical (unpaired) electrons. The Morgan fingerprint density at radius 3 is 2.68 bits per heavy atom. The smallest absolute Gasteiger partial charge is 0.245 e. The second-order valence-electron chi connectivity index (χ2n) is 8.32. The number of nitrogens with zero attached hydrogens (tertiary/aromatic N) is 6. The third-order valence-electron chi connectivity index (χ3n) is 6.15. The summed E-state index contributed by atoms with van der Waals surface area (Å²) < 4.78 is 23.2. The lowest BCUT2D eigenvalue weighted by Crippen LogP contribution is -2.59. The molecule has 2 aromatic heterocycles. The van der Waals surface area contributed by atoms with E-state index >= 15 is 0 Å². The molecule has 2 N–H and O–H groups in total. The zero-order valence-corrected chi connectivity index (χ0v) is 18.1. The molecule has 8 nitrogen and oxygen atoms in total. The fraction of sp³-hybridized carbons (Fsp3) is 0.455. The standard InChI is InChI=1S/C22H27N7O.ClH/c1-14-11-29(13-20(25-14)15-4-3-5-15)22-23-10-19(26-27-22)18-7-6-16(8-21(18)30)17-9-24-28(2)12-17;/h6-10,12,14-15,20,25,30H,3-5,11,13H2,1-2H3;1H/t14-,20-;/m1./s1/i2D3;. The molecule has 164 valence electrons. The quantitative estimate of drug-likeness (QED) is 0.638. The summed E-state index contributed by atoms with van der Waals surface area (Å²) in [6.45, 7) is 1.54. The van der Waals surface area contributed by atoms with E-state index in [2.05, 4.69) is 37.4 Å². The zero-order chi connectivity index (χ0) is 23.2. The number of phenolic OH excluding ortho intramolecular Hbond substituents is 1. The monoisotopic (exact) mass is 444 g/mol. The van der Waals surface area contributed by atoms with Crippen molar-refractivity contribution in [2.45, 2.75) is 38.3 Å². The minimum Gasteiger partial charge on any atom is -0.507 e. The highest BCUT2D eigenvalue weighted by molar-refractivity contribution is 5.85. The van der Waals surface area contributed by atoms with E-state index in [4.69, 9.17) is 4.11 Å². The Bertz CT molecular complexity index is 1130. The summed E-state index contributed by atoms with van der Waals surface area (Å²) in [6.07, 6.45) is 8.40. The van der Waals surface area contributed by atoms with Crippen molar-refractivity contribution in [2.24, 2.45) is 12.9 Å². The maximum absolute atomic E-state index is 10.6. The maximum Gasteiger partial charge on any atom is 0.245 e. The molecule has 1 aromatic carbocycles. The highest BCUT2D eigenvalue weighted by Crippen LogP contribution is 2.33. The normalized spacial score (nSPS) is 23.3. The number of hydrogen-bond donors (Lipinski definition) is 2. The van der Waals surface area contributed by atoms with Crippen molar-refractivity contribution in [1.82, 2.24) is 30.3 Å². The lowest BCUT2D eigenvalue weighted by molar-refractivity contribution is 0.202. The van der Waals surface area contributed by atoms with Crippen molar-refractivity contribution in [3.05, 3.63) is 36.8 Å². The molecular weight excluding hydrogens is 414 g/mol. The van der Waals surface area contributed by atoms with Crippen LogP contribution in [-0.2, 0) is 6.98 Å². The molecular formula is C22H28ClN7O. The number of nitrogens with one attached hydrogen (secondary N) is 1. The van der Waals surface area contributed by atoms with Gasteiger partial charge in [-0.05, 0) is 43.4 Å². The molecule has 9 heteroatoms. The first-order valence-corrected chi connectivity index (χ1v) is 10.4. The van der Waals surface area contributed by atoms with Gasteiger partial charge in [-0.15, -0.1) is 22.6 Å². The predicted molar refractivity (Wildman–Crippen MR) is 122 cm³/mol. The summed E-state index contributed by atoms with van der Waals surface area (Å²) in [5.41, 5.74) is 2.23. The Kier molecular flexibility index (Phi) is 5.09. The van der Waals surface area contributed by atoms with Gasteiger partial charge in [0.05, 0.1) is 12.4 Å². The summed E-state index contributed by atoms with van der Waals surface area (Å²) in [4.78, 5) is 6.73. The van der Waals surface area contributed by atoms with Crippen molar-refractivity contribution in [2.75, 3.05) is 18.0 Å². The number of halogens is 1. The summed E-state index contributed by atoms with van der Waals surface area (Å²) >= 11 is 0. The van der Waals surface area contributed by atoms with Crippen LogP contribution in [0.15, 0.2) is 36.8 Å². The number of aromatic hydroxyl groups is 1. The summed E-state index contributed by atoms with van der Waals surface area (Å²) in [7, 11) is 0. The van der Waals surface area contributed by atoms with Crippen LogP contribution in [0.1, 0.15) is 30.3 Å². The first-order valence-electron chi connectivity index (χ1n) is 11.9. The molecule has 31 heavy (non-hydrogen) atoms. The van der Waals surface area contributed by atoms with Gasteiger partial charge in [0.25, 0.3) is 0 Å². The summed E-state index contributed by atoms with van der Waals surface area (Å²) in [5, 5.41) is 26.9. The van der Waals surface area contributed by atoms with E-state index in [0.29, 0.717) is 40.4 Å². The van der Waals surface area contributed by atoms with Gasteiger partial charge in [-0.2, -0.15) is 5.10 Å². The van der Waals surface area contributed by atoms with Crippen LogP contribution < -0.4 is 10.2 Å². The molecule has 2 atom stereocenters. The summed E-state index contributed by atoms with van der Waals surface area (Å²) in [5.74, 6) is 1.34. The van der Waals surface area contributed by atoms with Crippen molar-refractivity contribution < 1.29 is 9.22 Å². The molecule has 2 aliphatic rings. The van der Waals surface area contributed by atoms with E-state index in [1.165, 1.54) is 31.7 Å². The number of piperazine rings is 1. The number of aryl methyl sites for hydroxylation is 1. The van der Waals surface area contributed by atoms with Crippen molar-refractivity contribution >= 4 is 18.4 Å². The van der Waals surface area contributed by atoms with E-state index < -0.39 is 6.98 Å². The number of phenols is 1. The Hall–Kier alpha value is -2.71. The number of hydrogen-bond acceptors (Lipinski definition) is 7. The number of rotatable bonds is 4. The maximum atomic E-state index is 10.6. The SMILES string of the molecule is Cl.[2H]C([2H])([2H])n1cc(-c2ccc(-c3cnc(N4C[C@@H](C)N[C@@H](C5CCC5)C4)nn3)c(O)c2)cn1. The minimum absolute atomic E-state index is 0. The van der Waals surface area contributed by atoms with Crippen LogP contribution in [0.4, 0.5) is 5.95 Å². The van der Waals surface area contributed by atoms with E-state index in [1.54, 1.807) is 24.4 Å². The third kappa shape index (κ3) is 4.36. The van der Waals surface area contributed by atoms with Crippen LogP contribution >= 0.6 is 12.4 Å². The molecule has 3 heterocycles. The second-order valence-corrected chi connectivity index (χ2v) is 8.32. The van der Waals surface area contributed by atoms with E-state index in [-0.39, 0.29) is 18.2 Å². The lowest BCUT2D eigenvalue weighted by Gasteiger charge is -2.43. The molecule has 0 amide bonds. The Morgan fingerprint density at radius 1 is 1.16 bits per heavy atom. The molecule has 1 saturated carbocycles. The summed E-state index contributed by atoms with van der Waals surface area (Å²) in [6, 6.07) is 5.89. The minimum atomic E-state index is -2.34. The van der Waals surface area contributed by atoms with E-state index in [0.717, 1.165) is 23.7 Å². The Balaban J connectivity index is 0.00000274. The average Bonchev–Trinajstić information content (AvgIpc) is 3.23. The van der Waals surface area contributed by atoms with Gasteiger partial charge in [0.15, 0.2) is 0 Å². The first kappa shape index (κ1) is 17.9. The van der Waals surface area contributed by atoms with Gasteiger partial charge in [-0.1, -0.05) is 12.5 Å². The van der Waals surface area contributed by atoms with E-state index in [1.807, 2.05) is 0 Å². The molecule has 1 saturated heterocycles. The van der Waals surface area contributed by atoms with Crippen LogP contribution in [0, 0.1) is 5.92 Å². The number of benzene rings is 1. The van der Waals surface area contributed by atoms with Gasteiger partial charge in [0.2, 0.25) is 5.95 Å². The molecule has 2 fully saturated rings. The lowest BCUT2D eigenvalue weighted by atomic mass is 9.78. The van der Waals surface area contributed by atoms with Gasteiger partial charge in [-0.25, -0.2) is 4.98 Å². The second kappa shape index (κ2) is 8.80. The molecule has 0 bridgehead atoms. The highest BCUT2D eigenvalue weighted by Gasteiger charge is 2.34. The van der Waals surface area contributed by atoms with Crippen LogP contribution in [0.5, 0.6) is 5.75 Å². The molecule has 5 rings (SSSR count). The van der Waals surface area contributed by atoms with Gasteiger partial charge in [-0.3, -0.25) is 4.68 Å². The third-order valence-corrected chi connectivity index (χ3v) is 6.15. The Labute approximate surface area is 192 Å². The van der Waals surface area contributed by atoms with E-state index in [9.17, 15) is 5.11 Å². The van der Waals surface area contributed by atoms with Crippen LogP contribution in [0.3, 0.4) is 0 Å². The highest BCUT2D eigenvalue weighted by atomic mass is 35.5. The first-order chi connectivity index (χ1) is 15.8. The predicted octanol–water partition coefficient (Wildman–Crippen LogP) is 3.03. The van der Waals surface area contributed by atoms with Crippen molar-refractivity contribution in [3.8, 4) is 28.1 Å². The number of aromatic nitrogens is 5. The Morgan fingerprint density at radius 2 is 2.03 bits per heavy atom. The van der Waals surface area contributed by atoms with Crippen LogP contribution in [0.2, 0.25) is 0 Å². The van der Waals surface area contributed by atoms with Crippen LogP contribution in [0.25, 0.3) is 22.4 Å². The number of anilines is 1. The largest absolute Gasteiger partial charge is 0.507 e. The van der Waals surface area contributed by atoms with Crippen molar-refractivity contribution in [3.63, 3.8) is 0 Å². The van der Waals surface area contributed by atoms with Gasteiger partial charge >= 0.3 is 0 Å². The van der Waals surface area contributed by atoms with Gasteiger partial charge in [0.1, 0.15) is 11.4 Å². The fourth-order valence-electron chi connectivity index (χ4n) is 4.34.